The third-order valence-corrected chi connectivity index (χ3v) is 5.58. The molecule has 0 saturated carbocycles. The summed E-state index contributed by atoms with van der Waals surface area (Å²) in [5.74, 6) is 1.36. The molecule has 8 heteroatoms. The summed E-state index contributed by atoms with van der Waals surface area (Å²) in [5.41, 5.74) is 3.31. The lowest BCUT2D eigenvalue weighted by Crippen LogP contribution is -2.39. The van der Waals surface area contributed by atoms with Gasteiger partial charge >= 0.3 is 0 Å². The summed E-state index contributed by atoms with van der Waals surface area (Å²) in [6, 6.07) is 11.0. The van der Waals surface area contributed by atoms with E-state index in [1.807, 2.05) is 41.6 Å². The molecule has 0 unspecified atom stereocenters. The first-order chi connectivity index (χ1) is 14.7. The SMILES string of the molecule is CCN1CCN(Cc2cscn2)CCOc2ccccc2Oc2ncccc2C1=O. The highest BCUT2D eigenvalue weighted by atomic mass is 32.1. The number of carbonyl (C=O) groups is 1. The fourth-order valence-corrected chi connectivity index (χ4v) is 3.88. The Morgan fingerprint density at radius 2 is 1.93 bits per heavy atom. The summed E-state index contributed by atoms with van der Waals surface area (Å²) in [5, 5.41) is 2.05. The van der Waals surface area contributed by atoms with Crippen LogP contribution in [0, 0.1) is 0 Å². The minimum absolute atomic E-state index is 0.0909. The van der Waals surface area contributed by atoms with Crippen LogP contribution in [0.5, 0.6) is 17.4 Å². The lowest BCUT2D eigenvalue weighted by Gasteiger charge is -2.26. The van der Waals surface area contributed by atoms with E-state index in [0.717, 1.165) is 18.8 Å². The lowest BCUT2D eigenvalue weighted by molar-refractivity contribution is 0.0736. The topological polar surface area (TPSA) is 67.8 Å². The number of benzene rings is 1. The average Bonchev–Trinajstić information content (AvgIpc) is 3.28. The highest BCUT2D eigenvalue weighted by Crippen LogP contribution is 2.32. The Morgan fingerprint density at radius 3 is 2.73 bits per heavy atom. The molecular formula is C22H24N4O3S. The van der Waals surface area contributed by atoms with Crippen molar-refractivity contribution >= 4 is 17.2 Å². The molecule has 0 saturated heterocycles. The zero-order chi connectivity index (χ0) is 20.8. The predicted molar refractivity (Wildman–Crippen MR) is 115 cm³/mol. The quantitative estimate of drug-likeness (QED) is 0.639. The molecule has 0 radical (unpaired) electrons. The van der Waals surface area contributed by atoms with Crippen LogP contribution in [-0.2, 0) is 6.54 Å². The highest BCUT2D eigenvalue weighted by molar-refractivity contribution is 7.07. The molecule has 30 heavy (non-hydrogen) atoms. The number of hydrogen-bond acceptors (Lipinski definition) is 7. The molecule has 1 aliphatic heterocycles. The van der Waals surface area contributed by atoms with Crippen molar-refractivity contribution in [2.24, 2.45) is 0 Å². The number of nitrogens with zero attached hydrogens (tertiary/aromatic N) is 4. The second kappa shape index (κ2) is 9.69. The first-order valence-corrected chi connectivity index (χ1v) is 10.9. The number of carbonyl (C=O) groups excluding carboxylic acids is 1. The number of likely N-dealkylation sites (N-methyl/N-ethyl adjacent to an activating group) is 1. The van der Waals surface area contributed by atoms with E-state index in [1.54, 1.807) is 29.7 Å². The Balaban J connectivity index is 1.65. The molecule has 2 aromatic heterocycles. The molecule has 4 rings (SSSR count). The Hall–Kier alpha value is -2.97. The van der Waals surface area contributed by atoms with Gasteiger partial charge in [0.25, 0.3) is 5.91 Å². The molecule has 1 amide bonds. The standard InChI is InChI=1S/C22H24N4O3S/c1-2-26-11-10-25(14-17-15-30-16-24-17)12-13-28-19-7-3-4-8-20(19)29-21-18(22(26)27)6-5-9-23-21/h3-9,15-16H,2,10-14H2,1H3. The minimum atomic E-state index is -0.0909. The normalized spacial score (nSPS) is 15.6. The maximum Gasteiger partial charge on any atom is 0.259 e. The van der Waals surface area contributed by atoms with Gasteiger partial charge < -0.3 is 14.4 Å². The molecule has 3 heterocycles. The van der Waals surface area contributed by atoms with Crippen molar-refractivity contribution in [3.63, 3.8) is 0 Å². The number of pyridine rings is 1. The van der Waals surface area contributed by atoms with Crippen LogP contribution in [0.1, 0.15) is 23.0 Å². The summed E-state index contributed by atoms with van der Waals surface area (Å²) < 4.78 is 12.1. The molecule has 0 spiro atoms. The Labute approximate surface area is 179 Å². The van der Waals surface area contributed by atoms with Gasteiger partial charge in [0.2, 0.25) is 5.88 Å². The number of aromatic nitrogens is 2. The minimum Gasteiger partial charge on any atom is -0.488 e. The second-order valence-corrected chi connectivity index (χ2v) is 7.61. The van der Waals surface area contributed by atoms with E-state index in [2.05, 4.69) is 20.2 Å². The molecular weight excluding hydrogens is 400 g/mol. The van der Waals surface area contributed by atoms with Crippen molar-refractivity contribution in [1.82, 2.24) is 19.8 Å². The molecule has 7 nitrogen and oxygen atoms in total. The lowest BCUT2D eigenvalue weighted by atomic mass is 10.2. The summed E-state index contributed by atoms with van der Waals surface area (Å²) in [6.45, 7) is 5.83. The van der Waals surface area contributed by atoms with Crippen molar-refractivity contribution in [2.45, 2.75) is 13.5 Å². The van der Waals surface area contributed by atoms with E-state index in [0.29, 0.717) is 43.3 Å². The van der Waals surface area contributed by atoms with E-state index in [9.17, 15) is 4.79 Å². The number of amides is 1. The monoisotopic (exact) mass is 424 g/mol. The number of hydrogen-bond donors (Lipinski definition) is 0. The number of ether oxygens (including phenoxy) is 2. The number of thiazole rings is 1. The third-order valence-electron chi connectivity index (χ3n) is 4.95. The first-order valence-electron chi connectivity index (χ1n) is 9.98. The van der Waals surface area contributed by atoms with Gasteiger partial charge in [-0.05, 0) is 31.2 Å². The summed E-state index contributed by atoms with van der Waals surface area (Å²) >= 11 is 1.59. The zero-order valence-corrected chi connectivity index (χ0v) is 17.7. The Bertz CT molecular complexity index is 980. The van der Waals surface area contributed by atoms with Crippen molar-refractivity contribution in [2.75, 3.05) is 32.8 Å². The van der Waals surface area contributed by atoms with Gasteiger partial charge in [-0.2, -0.15) is 0 Å². The Morgan fingerprint density at radius 1 is 1.07 bits per heavy atom. The van der Waals surface area contributed by atoms with E-state index in [1.165, 1.54) is 0 Å². The van der Waals surface area contributed by atoms with Gasteiger partial charge in [-0.25, -0.2) is 9.97 Å². The van der Waals surface area contributed by atoms with E-state index < -0.39 is 0 Å². The predicted octanol–water partition coefficient (Wildman–Crippen LogP) is 3.69. The van der Waals surface area contributed by atoms with Crippen LogP contribution < -0.4 is 9.47 Å². The molecule has 0 N–H and O–H groups in total. The smallest absolute Gasteiger partial charge is 0.259 e. The van der Waals surface area contributed by atoms with Crippen molar-refractivity contribution < 1.29 is 14.3 Å². The maximum absolute atomic E-state index is 13.3. The highest BCUT2D eigenvalue weighted by Gasteiger charge is 2.22. The van der Waals surface area contributed by atoms with Crippen LogP contribution in [-0.4, -0.2) is 58.5 Å². The van der Waals surface area contributed by atoms with E-state index >= 15 is 0 Å². The van der Waals surface area contributed by atoms with Crippen LogP contribution in [0.4, 0.5) is 0 Å². The van der Waals surface area contributed by atoms with Crippen LogP contribution in [0.2, 0.25) is 0 Å². The molecule has 1 aliphatic rings. The maximum atomic E-state index is 13.3. The molecule has 0 atom stereocenters. The van der Waals surface area contributed by atoms with E-state index in [4.69, 9.17) is 9.47 Å². The number of rotatable bonds is 3. The van der Waals surface area contributed by atoms with Gasteiger partial charge in [0.1, 0.15) is 12.2 Å². The van der Waals surface area contributed by atoms with Gasteiger partial charge in [-0.1, -0.05) is 12.1 Å². The van der Waals surface area contributed by atoms with Crippen LogP contribution in [0.3, 0.4) is 0 Å². The first kappa shape index (κ1) is 20.3. The van der Waals surface area contributed by atoms with Gasteiger partial charge in [-0.3, -0.25) is 9.69 Å². The fourth-order valence-electron chi connectivity index (χ4n) is 3.33. The van der Waals surface area contributed by atoms with Gasteiger partial charge in [0.05, 0.1) is 11.2 Å². The molecule has 3 aromatic rings. The summed E-state index contributed by atoms with van der Waals surface area (Å²) in [6.07, 6.45) is 1.62. The molecule has 0 aliphatic carbocycles. The number of para-hydroxylation sites is 2. The van der Waals surface area contributed by atoms with Crippen LogP contribution >= 0.6 is 11.3 Å². The zero-order valence-electron chi connectivity index (χ0n) is 16.9. The average molecular weight is 425 g/mol. The third kappa shape index (κ3) is 4.77. The van der Waals surface area contributed by atoms with Crippen molar-refractivity contribution in [3.05, 3.63) is 64.7 Å². The van der Waals surface area contributed by atoms with E-state index in [-0.39, 0.29) is 11.8 Å². The van der Waals surface area contributed by atoms with Gasteiger partial charge in [0, 0.05) is 44.3 Å². The van der Waals surface area contributed by atoms with Crippen molar-refractivity contribution in [1.29, 1.82) is 0 Å². The largest absolute Gasteiger partial charge is 0.488 e. The van der Waals surface area contributed by atoms with Gasteiger partial charge in [-0.15, -0.1) is 11.3 Å². The Kier molecular flexibility index (Phi) is 6.56. The summed E-state index contributed by atoms with van der Waals surface area (Å²) in [7, 11) is 0. The number of fused-ring (bicyclic) bond motifs is 2. The van der Waals surface area contributed by atoms with Crippen molar-refractivity contribution in [3.8, 4) is 17.4 Å². The van der Waals surface area contributed by atoms with Crippen LogP contribution in [0.15, 0.2) is 53.5 Å². The fraction of sp³-hybridized carbons (Fsp3) is 0.318. The molecule has 0 fully saturated rings. The molecule has 156 valence electrons. The van der Waals surface area contributed by atoms with Crippen LogP contribution in [0.25, 0.3) is 0 Å². The molecule has 1 aromatic carbocycles. The second-order valence-electron chi connectivity index (χ2n) is 6.89. The van der Waals surface area contributed by atoms with Gasteiger partial charge in [0.15, 0.2) is 11.5 Å². The molecule has 0 bridgehead atoms. The summed E-state index contributed by atoms with van der Waals surface area (Å²) in [4.78, 5) is 26.0.